The maximum absolute atomic E-state index is 12.2. The molecule has 0 aromatic heterocycles. The van der Waals surface area contributed by atoms with Gasteiger partial charge in [-0.25, -0.2) is 0 Å². The molecule has 284 valence electrons. The summed E-state index contributed by atoms with van der Waals surface area (Å²) in [6, 6.07) is 0. The van der Waals surface area contributed by atoms with Crippen LogP contribution in [0.1, 0.15) is 232 Å². The summed E-state index contributed by atoms with van der Waals surface area (Å²) in [5.74, 6) is -0.580. The first-order valence-corrected chi connectivity index (χ1v) is 21.2. The van der Waals surface area contributed by atoms with E-state index in [0.717, 1.165) is 32.1 Å². The van der Waals surface area contributed by atoms with Crippen LogP contribution in [0.25, 0.3) is 0 Å². The smallest absolute Gasteiger partial charge is 0.306 e. The Hall–Kier alpha value is -1.36. The number of esters is 2. The van der Waals surface area contributed by atoms with Crippen molar-refractivity contribution in [2.75, 3.05) is 13.2 Å². The first-order valence-electron chi connectivity index (χ1n) is 21.2. The van der Waals surface area contributed by atoms with Crippen molar-refractivity contribution < 1.29 is 24.2 Å². The number of unbranched alkanes of at least 4 members (excludes halogenated alkanes) is 29. The van der Waals surface area contributed by atoms with Crippen LogP contribution >= 0.6 is 0 Å². The lowest BCUT2D eigenvalue weighted by molar-refractivity contribution is -0.161. The molecule has 1 unspecified atom stereocenters. The molecule has 0 saturated heterocycles. The van der Waals surface area contributed by atoms with Gasteiger partial charge in [-0.1, -0.05) is 193 Å². The third kappa shape index (κ3) is 37.5. The zero-order valence-corrected chi connectivity index (χ0v) is 32.3. The van der Waals surface area contributed by atoms with Gasteiger partial charge in [-0.15, -0.1) is 0 Å². The fourth-order valence-electron chi connectivity index (χ4n) is 6.31. The number of aliphatic hydroxyl groups is 1. The average Bonchev–Trinajstić information content (AvgIpc) is 3.09. The molecule has 0 spiro atoms. The molecule has 0 amide bonds. The van der Waals surface area contributed by atoms with Crippen LogP contribution in [0.3, 0.4) is 0 Å². The Morgan fingerprint density at radius 1 is 0.458 bits per heavy atom. The largest absolute Gasteiger partial charge is 0.462 e. The summed E-state index contributed by atoms with van der Waals surface area (Å²) in [4.78, 5) is 24.3. The number of aliphatic hydroxyl groups excluding tert-OH is 1. The molecule has 1 atom stereocenters. The third-order valence-electron chi connectivity index (χ3n) is 9.56. The summed E-state index contributed by atoms with van der Waals surface area (Å²) >= 11 is 0. The summed E-state index contributed by atoms with van der Waals surface area (Å²) < 4.78 is 10.6. The fraction of sp³-hybridized carbons (Fsp3) is 0.907. The van der Waals surface area contributed by atoms with Gasteiger partial charge in [0, 0.05) is 12.8 Å². The third-order valence-corrected chi connectivity index (χ3v) is 9.56. The Balaban J connectivity index is 3.50. The van der Waals surface area contributed by atoms with E-state index in [-0.39, 0.29) is 25.2 Å². The number of rotatable bonds is 39. The van der Waals surface area contributed by atoms with Gasteiger partial charge in [0.05, 0.1) is 6.61 Å². The van der Waals surface area contributed by atoms with Gasteiger partial charge in [-0.3, -0.25) is 9.59 Å². The van der Waals surface area contributed by atoms with Crippen molar-refractivity contribution in [2.45, 2.75) is 238 Å². The lowest BCUT2D eigenvalue weighted by Gasteiger charge is -2.15. The van der Waals surface area contributed by atoms with Crippen molar-refractivity contribution >= 4 is 11.9 Å². The standard InChI is InChI=1S/C43H82O5/c1-3-5-7-9-11-13-15-17-19-20-21-22-24-26-28-30-32-34-36-38-43(46)48-41(39-44)40-47-42(45)37-35-33-31-29-27-25-23-18-16-14-12-10-8-6-4-2/h17,19,41,44H,3-16,18,20-40H2,1-2H3. The van der Waals surface area contributed by atoms with Crippen molar-refractivity contribution in [3.63, 3.8) is 0 Å². The van der Waals surface area contributed by atoms with E-state index in [1.807, 2.05) is 0 Å². The van der Waals surface area contributed by atoms with E-state index in [1.54, 1.807) is 0 Å². The van der Waals surface area contributed by atoms with E-state index in [4.69, 9.17) is 9.47 Å². The molecule has 0 heterocycles. The van der Waals surface area contributed by atoms with Crippen LogP contribution in [0.2, 0.25) is 0 Å². The second-order valence-corrected chi connectivity index (χ2v) is 14.4. The molecule has 0 bridgehead atoms. The highest BCUT2D eigenvalue weighted by Gasteiger charge is 2.16. The van der Waals surface area contributed by atoms with Crippen LogP contribution in [-0.4, -0.2) is 36.4 Å². The Morgan fingerprint density at radius 2 is 0.771 bits per heavy atom. The molecule has 0 radical (unpaired) electrons. The van der Waals surface area contributed by atoms with Crippen LogP contribution in [-0.2, 0) is 19.1 Å². The highest BCUT2D eigenvalue weighted by atomic mass is 16.6. The molecule has 0 fully saturated rings. The average molecular weight is 679 g/mol. The molecule has 0 aliphatic heterocycles. The van der Waals surface area contributed by atoms with Crippen molar-refractivity contribution in [3.8, 4) is 0 Å². The van der Waals surface area contributed by atoms with E-state index in [1.165, 1.54) is 173 Å². The minimum Gasteiger partial charge on any atom is -0.462 e. The number of carbonyl (C=O) groups is 2. The van der Waals surface area contributed by atoms with Crippen LogP contribution < -0.4 is 0 Å². The van der Waals surface area contributed by atoms with Gasteiger partial charge in [0.1, 0.15) is 6.61 Å². The fourth-order valence-corrected chi connectivity index (χ4v) is 6.31. The van der Waals surface area contributed by atoms with Crippen LogP contribution in [0.15, 0.2) is 12.2 Å². The van der Waals surface area contributed by atoms with Crippen molar-refractivity contribution in [1.82, 2.24) is 0 Å². The van der Waals surface area contributed by atoms with Gasteiger partial charge in [-0.2, -0.15) is 0 Å². The van der Waals surface area contributed by atoms with Gasteiger partial charge >= 0.3 is 11.9 Å². The molecular formula is C43H82O5. The lowest BCUT2D eigenvalue weighted by atomic mass is 10.0. The number of hydrogen-bond acceptors (Lipinski definition) is 5. The molecule has 5 nitrogen and oxygen atoms in total. The van der Waals surface area contributed by atoms with Gasteiger partial charge < -0.3 is 14.6 Å². The number of ether oxygens (including phenoxy) is 2. The first-order chi connectivity index (χ1) is 23.6. The molecule has 0 aliphatic rings. The topological polar surface area (TPSA) is 72.8 Å². The summed E-state index contributed by atoms with van der Waals surface area (Å²) in [5.41, 5.74) is 0. The lowest BCUT2D eigenvalue weighted by Crippen LogP contribution is -2.28. The Labute approximate surface area is 299 Å². The monoisotopic (exact) mass is 679 g/mol. The van der Waals surface area contributed by atoms with Crippen LogP contribution in [0, 0.1) is 0 Å². The molecule has 0 aliphatic carbocycles. The van der Waals surface area contributed by atoms with E-state index < -0.39 is 6.10 Å². The normalized spacial score (nSPS) is 12.1. The number of allylic oxidation sites excluding steroid dienone is 2. The van der Waals surface area contributed by atoms with E-state index in [9.17, 15) is 14.7 Å². The zero-order chi connectivity index (χ0) is 35.0. The van der Waals surface area contributed by atoms with Gasteiger partial charge in [-0.05, 0) is 38.5 Å². The van der Waals surface area contributed by atoms with E-state index in [0.29, 0.717) is 12.8 Å². The minimum atomic E-state index is -0.765. The summed E-state index contributed by atoms with van der Waals surface area (Å²) in [7, 11) is 0. The minimum absolute atomic E-state index is 0.0602. The highest BCUT2D eigenvalue weighted by Crippen LogP contribution is 2.15. The summed E-state index contributed by atoms with van der Waals surface area (Å²) in [5, 5.41) is 9.57. The molecule has 1 N–H and O–H groups in total. The Kier molecular flexibility index (Phi) is 38.9. The second-order valence-electron chi connectivity index (χ2n) is 14.4. The van der Waals surface area contributed by atoms with Crippen molar-refractivity contribution in [2.24, 2.45) is 0 Å². The van der Waals surface area contributed by atoms with Gasteiger partial charge in [0.2, 0.25) is 0 Å². The highest BCUT2D eigenvalue weighted by molar-refractivity contribution is 5.70. The molecule has 0 saturated carbocycles. The molecule has 0 rings (SSSR count). The maximum atomic E-state index is 12.2. The van der Waals surface area contributed by atoms with Gasteiger partial charge in [0.15, 0.2) is 6.10 Å². The predicted molar refractivity (Wildman–Crippen MR) is 205 cm³/mol. The number of hydrogen-bond donors (Lipinski definition) is 1. The summed E-state index contributed by atoms with van der Waals surface area (Å²) in [6.07, 6.45) is 45.6. The molecule has 5 heteroatoms. The van der Waals surface area contributed by atoms with E-state index >= 15 is 0 Å². The second kappa shape index (κ2) is 40.1. The number of carbonyl (C=O) groups excluding carboxylic acids is 2. The molecular weight excluding hydrogens is 596 g/mol. The van der Waals surface area contributed by atoms with Crippen molar-refractivity contribution in [3.05, 3.63) is 12.2 Å². The van der Waals surface area contributed by atoms with Gasteiger partial charge in [0.25, 0.3) is 0 Å². The first kappa shape index (κ1) is 46.6. The zero-order valence-electron chi connectivity index (χ0n) is 32.3. The maximum Gasteiger partial charge on any atom is 0.306 e. The summed E-state index contributed by atoms with van der Waals surface area (Å²) in [6.45, 7) is 4.16. The molecule has 48 heavy (non-hydrogen) atoms. The SMILES string of the molecule is CCCCCCCCC=CCCCCCCCCCCCC(=O)OC(CO)COC(=O)CCCCCCCCCCCCCCCCC. The van der Waals surface area contributed by atoms with Crippen LogP contribution in [0.5, 0.6) is 0 Å². The van der Waals surface area contributed by atoms with Crippen molar-refractivity contribution in [1.29, 1.82) is 0 Å². The molecule has 0 aromatic carbocycles. The Bertz CT molecular complexity index is 691. The van der Waals surface area contributed by atoms with E-state index in [2.05, 4.69) is 26.0 Å². The Morgan fingerprint density at radius 3 is 1.12 bits per heavy atom. The quantitative estimate of drug-likeness (QED) is 0.0398. The van der Waals surface area contributed by atoms with Crippen LogP contribution in [0.4, 0.5) is 0 Å². The molecule has 0 aromatic rings. The predicted octanol–water partition coefficient (Wildman–Crippen LogP) is 13.3.